The van der Waals surface area contributed by atoms with E-state index < -0.39 is 11.6 Å². The van der Waals surface area contributed by atoms with Gasteiger partial charge in [0, 0.05) is 32.9 Å². The highest BCUT2D eigenvalue weighted by Gasteiger charge is 2.35. The topological polar surface area (TPSA) is 107 Å². The summed E-state index contributed by atoms with van der Waals surface area (Å²) in [7, 11) is 1.63. The molecule has 1 aliphatic rings. The van der Waals surface area contributed by atoms with Crippen LogP contribution in [0.5, 0.6) is 0 Å². The van der Waals surface area contributed by atoms with Crippen molar-refractivity contribution in [3.05, 3.63) is 17.8 Å². The first-order valence-corrected chi connectivity index (χ1v) is 5.92. The zero-order valence-electron chi connectivity index (χ0n) is 10.7. The van der Waals surface area contributed by atoms with Gasteiger partial charge in [-0.15, -0.1) is 0 Å². The van der Waals surface area contributed by atoms with Crippen LogP contribution in [0.4, 0.5) is 11.5 Å². The van der Waals surface area contributed by atoms with E-state index in [1.54, 1.807) is 7.11 Å². The Labute approximate surface area is 110 Å². The maximum atomic E-state index is 11.0. The quantitative estimate of drug-likeness (QED) is 0.716. The molecule has 1 aromatic rings. The van der Waals surface area contributed by atoms with Crippen molar-refractivity contribution >= 4 is 17.5 Å². The van der Waals surface area contributed by atoms with Gasteiger partial charge in [-0.3, -0.25) is 0 Å². The Morgan fingerprint density at radius 3 is 3.11 bits per heavy atom. The Morgan fingerprint density at radius 2 is 2.53 bits per heavy atom. The minimum atomic E-state index is -1.08. The molecule has 0 bridgehead atoms. The van der Waals surface area contributed by atoms with Crippen LogP contribution in [0.25, 0.3) is 0 Å². The summed E-state index contributed by atoms with van der Waals surface area (Å²) >= 11 is 0. The predicted octanol–water partition coefficient (Wildman–Crippen LogP) is 0.579. The number of hydrogen-bond acceptors (Lipinski definition) is 6. The van der Waals surface area contributed by atoms with Crippen LogP contribution >= 0.6 is 0 Å². The van der Waals surface area contributed by atoms with Crippen molar-refractivity contribution in [2.45, 2.75) is 12.0 Å². The highest BCUT2D eigenvalue weighted by Crippen LogP contribution is 2.25. The Kier molecular flexibility index (Phi) is 3.87. The van der Waals surface area contributed by atoms with E-state index in [0.717, 1.165) is 6.42 Å². The minimum Gasteiger partial charge on any atom is -0.478 e. The van der Waals surface area contributed by atoms with Gasteiger partial charge in [-0.2, -0.15) is 0 Å². The van der Waals surface area contributed by atoms with Crippen molar-refractivity contribution < 1.29 is 19.4 Å². The largest absolute Gasteiger partial charge is 0.478 e. The van der Waals surface area contributed by atoms with E-state index in [9.17, 15) is 4.79 Å². The second-order valence-electron chi connectivity index (χ2n) is 4.47. The molecule has 1 aliphatic heterocycles. The average molecular weight is 267 g/mol. The number of carboxylic acids is 1. The number of hydrogen-bond donors (Lipinski definition) is 3. The molecule has 104 valence electrons. The molecule has 7 heteroatoms. The molecular formula is C12H17N3O4. The van der Waals surface area contributed by atoms with Crippen molar-refractivity contribution in [3.63, 3.8) is 0 Å². The first-order valence-electron chi connectivity index (χ1n) is 5.92. The van der Waals surface area contributed by atoms with Crippen molar-refractivity contribution in [1.82, 2.24) is 4.98 Å². The molecule has 1 atom stereocenters. The summed E-state index contributed by atoms with van der Waals surface area (Å²) < 4.78 is 10.8. The fourth-order valence-electron chi connectivity index (χ4n) is 2.01. The normalized spacial score (nSPS) is 22.4. The third-order valence-electron chi connectivity index (χ3n) is 3.30. The fraction of sp³-hybridized carbons (Fsp3) is 0.500. The Bertz CT molecular complexity index is 472. The van der Waals surface area contributed by atoms with E-state index >= 15 is 0 Å². The molecule has 2 rings (SSSR count). The lowest BCUT2D eigenvalue weighted by atomic mass is 10.0. The zero-order chi connectivity index (χ0) is 13.9. The Balaban J connectivity index is 2.11. The van der Waals surface area contributed by atoms with Gasteiger partial charge in [-0.1, -0.05) is 0 Å². The lowest BCUT2D eigenvalue weighted by Crippen LogP contribution is -2.39. The predicted molar refractivity (Wildman–Crippen MR) is 69.3 cm³/mol. The molecule has 19 heavy (non-hydrogen) atoms. The number of rotatable bonds is 5. The van der Waals surface area contributed by atoms with Crippen LogP contribution in [0.15, 0.2) is 12.3 Å². The second-order valence-corrected chi connectivity index (χ2v) is 4.47. The number of ether oxygens (including phenoxy) is 2. The van der Waals surface area contributed by atoms with Gasteiger partial charge in [-0.05, 0) is 6.07 Å². The van der Waals surface area contributed by atoms with Gasteiger partial charge < -0.3 is 25.6 Å². The van der Waals surface area contributed by atoms with E-state index in [2.05, 4.69) is 10.3 Å². The highest BCUT2D eigenvalue weighted by molar-refractivity contribution is 5.96. The third kappa shape index (κ3) is 2.77. The lowest BCUT2D eigenvalue weighted by Gasteiger charge is -2.26. The first kappa shape index (κ1) is 13.6. The van der Waals surface area contributed by atoms with Crippen molar-refractivity contribution in [1.29, 1.82) is 0 Å². The van der Waals surface area contributed by atoms with Crippen LogP contribution in [-0.2, 0) is 9.47 Å². The fourth-order valence-corrected chi connectivity index (χ4v) is 2.01. The maximum absolute atomic E-state index is 11.0. The van der Waals surface area contributed by atoms with Crippen molar-refractivity contribution in [3.8, 4) is 0 Å². The molecule has 0 aliphatic carbocycles. The lowest BCUT2D eigenvalue weighted by molar-refractivity contribution is -0.00624. The zero-order valence-corrected chi connectivity index (χ0v) is 10.7. The number of pyridine rings is 1. The summed E-state index contributed by atoms with van der Waals surface area (Å²) in [6, 6.07) is 1.37. The van der Waals surface area contributed by atoms with Gasteiger partial charge in [0.05, 0.1) is 17.9 Å². The van der Waals surface area contributed by atoms with Gasteiger partial charge in [-0.25, -0.2) is 9.78 Å². The number of anilines is 2. The van der Waals surface area contributed by atoms with E-state index in [4.69, 9.17) is 20.3 Å². The van der Waals surface area contributed by atoms with Gasteiger partial charge in [0.25, 0.3) is 0 Å². The van der Waals surface area contributed by atoms with E-state index in [1.807, 2.05) is 0 Å². The first-order chi connectivity index (χ1) is 9.08. The highest BCUT2D eigenvalue weighted by atomic mass is 16.5. The molecule has 7 nitrogen and oxygen atoms in total. The molecule has 1 unspecified atom stereocenters. The van der Waals surface area contributed by atoms with Gasteiger partial charge >= 0.3 is 5.97 Å². The number of nitrogen functional groups attached to an aromatic ring is 1. The van der Waals surface area contributed by atoms with Crippen LogP contribution in [0.1, 0.15) is 16.8 Å². The molecule has 0 aromatic carbocycles. The minimum absolute atomic E-state index is 0.0339. The molecule has 0 spiro atoms. The monoisotopic (exact) mass is 267 g/mol. The summed E-state index contributed by atoms with van der Waals surface area (Å²) in [6.07, 6.45) is 2.18. The Morgan fingerprint density at radius 1 is 1.74 bits per heavy atom. The van der Waals surface area contributed by atoms with Gasteiger partial charge in [0.1, 0.15) is 11.4 Å². The molecule has 0 amide bonds. The standard InChI is InChI=1S/C12H17N3O4/c1-18-12(3-5-19-7-12)6-15-10-9(13)8(11(16)17)2-4-14-10/h2,4H,3,5-7,13H2,1H3,(H,14,15)(H,16,17). The van der Waals surface area contributed by atoms with E-state index in [-0.39, 0.29) is 11.3 Å². The molecule has 2 heterocycles. The molecule has 0 radical (unpaired) electrons. The van der Waals surface area contributed by atoms with Crippen molar-refractivity contribution in [2.24, 2.45) is 0 Å². The Hall–Kier alpha value is -1.86. The van der Waals surface area contributed by atoms with Crippen LogP contribution in [-0.4, -0.2) is 48.5 Å². The number of nitrogens with two attached hydrogens (primary N) is 1. The van der Waals surface area contributed by atoms with Gasteiger partial charge in [0.15, 0.2) is 0 Å². The molecule has 4 N–H and O–H groups in total. The molecule has 0 saturated carbocycles. The number of carbonyl (C=O) groups is 1. The molecule has 1 aromatic heterocycles. The van der Waals surface area contributed by atoms with E-state index in [0.29, 0.717) is 25.6 Å². The number of methoxy groups -OCH3 is 1. The number of aromatic nitrogens is 1. The molecule has 1 saturated heterocycles. The van der Waals surface area contributed by atoms with Gasteiger partial charge in [0.2, 0.25) is 0 Å². The number of nitrogens with one attached hydrogen (secondary N) is 1. The summed E-state index contributed by atoms with van der Waals surface area (Å²) in [5.74, 6) is -0.725. The summed E-state index contributed by atoms with van der Waals surface area (Å²) in [4.78, 5) is 15.0. The van der Waals surface area contributed by atoms with Crippen molar-refractivity contribution in [2.75, 3.05) is 37.9 Å². The van der Waals surface area contributed by atoms with Crippen LogP contribution in [0, 0.1) is 0 Å². The van der Waals surface area contributed by atoms with E-state index in [1.165, 1.54) is 12.3 Å². The summed E-state index contributed by atoms with van der Waals surface area (Å²) in [6.45, 7) is 1.60. The van der Waals surface area contributed by atoms with Crippen LogP contribution < -0.4 is 11.1 Å². The van der Waals surface area contributed by atoms with Crippen LogP contribution in [0.3, 0.4) is 0 Å². The summed E-state index contributed by atoms with van der Waals surface area (Å²) in [5.41, 5.74) is 5.53. The number of carboxylic acid groups (broad SMARTS) is 1. The summed E-state index contributed by atoms with van der Waals surface area (Å²) in [5, 5.41) is 12.0. The number of aromatic carboxylic acids is 1. The maximum Gasteiger partial charge on any atom is 0.337 e. The number of nitrogens with zero attached hydrogens (tertiary/aromatic N) is 1. The SMILES string of the molecule is COC1(CNc2nccc(C(=O)O)c2N)CCOC1. The smallest absolute Gasteiger partial charge is 0.337 e. The second kappa shape index (κ2) is 5.41. The molecule has 1 fully saturated rings. The average Bonchev–Trinajstić information content (AvgIpc) is 2.87. The van der Waals surface area contributed by atoms with Crippen LogP contribution in [0.2, 0.25) is 0 Å². The molecular weight excluding hydrogens is 250 g/mol. The third-order valence-corrected chi connectivity index (χ3v) is 3.30.